The van der Waals surface area contributed by atoms with Gasteiger partial charge in [0.2, 0.25) is 5.91 Å². The second-order valence-corrected chi connectivity index (χ2v) is 10.2. The van der Waals surface area contributed by atoms with E-state index >= 15 is 0 Å². The molecule has 1 aromatic heterocycles. The van der Waals surface area contributed by atoms with E-state index in [9.17, 15) is 27.3 Å². The van der Waals surface area contributed by atoms with Gasteiger partial charge in [-0.15, -0.1) is 0 Å². The third kappa shape index (κ3) is 4.52. The predicted octanol–water partition coefficient (Wildman–Crippen LogP) is 2.15. The third-order valence-corrected chi connectivity index (χ3v) is 7.06. The normalized spacial score (nSPS) is 21.7. The minimum absolute atomic E-state index is 0.0118. The van der Waals surface area contributed by atoms with Gasteiger partial charge in [0.05, 0.1) is 12.1 Å². The largest absolute Gasteiger partial charge is 0.609 e. The van der Waals surface area contributed by atoms with Crippen LogP contribution in [0.2, 0.25) is 0 Å². The highest BCUT2D eigenvalue weighted by molar-refractivity contribution is 7.90. The minimum Gasteiger partial charge on any atom is -0.609 e. The van der Waals surface area contributed by atoms with Crippen molar-refractivity contribution in [2.45, 2.75) is 36.6 Å². The zero-order valence-electron chi connectivity index (χ0n) is 19.5. The second-order valence-electron chi connectivity index (χ2n) is 8.90. The van der Waals surface area contributed by atoms with Crippen LogP contribution in [0.5, 0.6) is 0 Å². The number of fused-ring (bicyclic) bond motifs is 2. The molecular formula is C23H22F3N5O4S. The number of nitrogens with zero attached hydrogens (tertiary/aromatic N) is 4. The summed E-state index contributed by atoms with van der Waals surface area (Å²) in [6, 6.07) is 3.20. The lowest BCUT2D eigenvalue weighted by atomic mass is 10.1. The average molecular weight is 522 g/mol. The molecule has 0 spiro atoms. The van der Waals surface area contributed by atoms with E-state index in [0.29, 0.717) is 0 Å². The molecule has 1 N–H and O–H groups in total. The third-order valence-electron chi connectivity index (χ3n) is 6.18. The number of ether oxygens (including phenoxy) is 1. The van der Waals surface area contributed by atoms with E-state index in [0.717, 1.165) is 25.0 Å². The highest BCUT2D eigenvalue weighted by Gasteiger charge is 2.54. The topological polar surface area (TPSA) is 106 Å². The van der Waals surface area contributed by atoms with Crippen LogP contribution in [0, 0.1) is 17.8 Å². The van der Waals surface area contributed by atoms with Gasteiger partial charge in [0.25, 0.3) is 5.91 Å². The van der Waals surface area contributed by atoms with Crippen molar-refractivity contribution >= 4 is 34.5 Å². The average Bonchev–Trinajstić information content (AvgIpc) is 3.71. The van der Waals surface area contributed by atoms with Gasteiger partial charge in [0.15, 0.2) is 24.0 Å². The summed E-state index contributed by atoms with van der Waals surface area (Å²) in [5, 5.41) is 2.74. The number of rotatable bonds is 4. The van der Waals surface area contributed by atoms with E-state index in [4.69, 9.17) is 4.74 Å². The number of imidazole rings is 1. The molecule has 1 saturated carbocycles. The van der Waals surface area contributed by atoms with Crippen molar-refractivity contribution in [2.24, 2.45) is 13.0 Å². The van der Waals surface area contributed by atoms with Crippen LogP contribution in [0.15, 0.2) is 23.4 Å². The lowest BCUT2D eigenvalue weighted by molar-refractivity contribution is -0.137. The molecule has 2 amide bonds. The summed E-state index contributed by atoms with van der Waals surface area (Å²) >= 11 is -1.47. The first-order valence-electron chi connectivity index (χ1n) is 11.1. The fraction of sp³-hybridized carbons (Fsp3) is 0.435. The molecule has 3 aliphatic rings. The summed E-state index contributed by atoms with van der Waals surface area (Å²) in [6.07, 6.45) is -2.80. The number of carbonyl (C=O) groups excluding carboxylic acids is 2. The molecule has 0 bridgehead atoms. The van der Waals surface area contributed by atoms with E-state index < -0.39 is 35.4 Å². The van der Waals surface area contributed by atoms with Gasteiger partial charge >= 0.3 is 11.3 Å². The maximum absolute atomic E-state index is 13.5. The van der Waals surface area contributed by atoms with E-state index in [2.05, 4.69) is 22.1 Å². The number of carbonyl (C=O) groups is 2. The zero-order chi connectivity index (χ0) is 25.9. The van der Waals surface area contributed by atoms with Crippen molar-refractivity contribution < 1.29 is 32.0 Å². The summed E-state index contributed by atoms with van der Waals surface area (Å²) in [7, 11) is 3.18. The minimum atomic E-state index is -4.61. The fourth-order valence-corrected chi connectivity index (χ4v) is 4.78. The molecule has 2 aromatic rings. The van der Waals surface area contributed by atoms with Crippen molar-refractivity contribution in [2.75, 3.05) is 30.1 Å². The lowest BCUT2D eigenvalue weighted by Gasteiger charge is -2.16. The van der Waals surface area contributed by atoms with Gasteiger partial charge in [-0.25, -0.2) is 0 Å². The highest BCUT2D eigenvalue weighted by Crippen LogP contribution is 2.39. The molecule has 2 aliphatic heterocycles. The molecule has 3 atom stereocenters. The molecule has 3 unspecified atom stereocenters. The first kappa shape index (κ1) is 24.5. The molecule has 1 aliphatic carbocycles. The first-order chi connectivity index (χ1) is 17.0. The van der Waals surface area contributed by atoms with Crippen LogP contribution in [0.25, 0.3) is 0 Å². The fourth-order valence-electron chi connectivity index (χ4n) is 4.09. The molecule has 1 aromatic carbocycles. The summed E-state index contributed by atoms with van der Waals surface area (Å²) in [5.41, 5.74) is -0.594. The Morgan fingerprint density at radius 3 is 2.64 bits per heavy atom. The Kier molecular flexibility index (Phi) is 5.93. The predicted molar refractivity (Wildman–Crippen MR) is 123 cm³/mol. The van der Waals surface area contributed by atoms with Crippen molar-refractivity contribution in [1.29, 1.82) is 0 Å². The Bertz CT molecular complexity index is 1310. The number of epoxide rings is 1. The Balaban J connectivity index is 1.45. The number of nitrogens with one attached hydrogen (secondary N) is 1. The van der Waals surface area contributed by atoms with Crippen molar-refractivity contribution in [3.63, 3.8) is 0 Å². The Morgan fingerprint density at radius 1 is 1.28 bits per heavy atom. The summed E-state index contributed by atoms with van der Waals surface area (Å²) in [4.78, 5) is 32.5. The molecule has 5 rings (SSSR count). The molecule has 3 heterocycles. The van der Waals surface area contributed by atoms with Gasteiger partial charge in [-0.3, -0.25) is 14.2 Å². The maximum Gasteiger partial charge on any atom is 0.416 e. The molecular weight excluding hydrogens is 499 g/mol. The van der Waals surface area contributed by atoms with Crippen LogP contribution >= 0.6 is 0 Å². The molecule has 9 nitrogen and oxygen atoms in total. The quantitative estimate of drug-likeness (QED) is 0.376. The summed E-state index contributed by atoms with van der Waals surface area (Å²) in [6.45, 7) is -0.0118. The smallest absolute Gasteiger partial charge is 0.416 e. The Hall–Kier alpha value is -3.21. The Morgan fingerprint density at radius 2 is 2.00 bits per heavy atom. The van der Waals surface area contributed by atoms with Crippen LogP contribution in [-0.4, -0.2) is 63.1 Å². The van der Waals surface area contributed by atoms with E-state index in [1.807, 2.05) is 0 Å². The Labute approximate surface area is 207 Å². The van der Waals surface area contributed by atoms with Gasteiger partial charge in [-0.2, -0.15) is 18.2 Å². The molecule has 0 radical (unpaired) electrons. The maximum atomic E-state index is 13.5. The molecule has 13 heteroatoms. The molecule has 1 saturated heterocycles. The van der Waals surface area contributed by atoms with E-state index in [1.165, 1.54) is 21.8 Å². The number of anilines is 2. The molecule has 190 valence electrons. The number of halogens is 3. The number of alkyl halides is 3. The van der Waals surface area contributed by atoms with Gasteiger partial charge in [0, 0.05) is 42.4 Å². The molecule has 36 heavy (non-hydrogen) atoms. The number of likely N-dealkylation sites (N-methyl/N-ethyl adjacent to an activating group) is 1. The standard InChI is InChI=1S/C23H22F3N5O4S/c1-29-16-17(28-22(29)36(3)34)31(21-20(35-21)30(2)19(16)33)8-4-5-12-9-14(23(24,25)26)11-15(10-12)27-18(32)13-6-7-13/h9-11,13,20-21H,6-8H2,1-3H3,(H,27,32). The van der Waals surface area contributed by atoms with Crippen LogP contribution in [-0.2, 0) is 33.9 Å². The highest BCUT2D eigenvalue weighted by atomic mass is 32.2. The van der Waals surface area contributed by atoms with Crippen LogP contribution in [0.3, 0.4) is 0 Å². The lowest BCUT2D eigenvalue weighted by Crippen LogP contribution is -2.33. The summed E-state index contributed by atoms with van der Waals surface area (Å²) in [5.74, 6) is 4.99. The number of hydrogen-bond acceptors (Lipinski definition) is 6. The number of aromatic nitrogens is 2. The van der Waals surface area contributed by atoms with Crippen molar-refractivity contribution in [3.05, 3.63) is 35.0 Å². The van der Waals surface area contributed by atoms with Crippen molar-refractivity contribution in [1.82, 2.24) is 14.5 Å². The SMILES string of the molecule is CN1C(=O)c2c(nc([S+](C)[O-])n2C)N(CC#Cc2cc(NC(=O)C3CC3)cc(C(F)(F)F)c2)C2OC21. The first-order valence-corrected chi connectivity index (χ1v) is 12.6. The zero-order valence-corrected chi connectivity index (χ0v) is 20.4. The van der Waals surface area contributed by atoms with E-state index in [1.54, 1.807) is 19.0 Å². The van der Waals surface area contributed by atoms with Gasteiger partial charge in [-0.05, 0) is 31.0 Å². The van der Waals surface area contributed by atoms with Crippen LogP contribution in [0.4, 0.5) is 24.7 Å². The number of benzene rings is 1. The van der Waals surface area contributed by atoms with Gasteiger partial charge in [0.1, 0.15) is 6.26 Å². The summed E-state index contributed by atoms with van der Waals surface area (Å²) < 4.78 is 59.6. The van der Waals surface area contributed by atoms with Crippen LogP contribution < -0.4 is 10.2 Å². The number of hydrogen-bond donors (Lipinski definition) is 1. The monoisotopic (exact) mass is 521 g/mol. The van der Waals surface area contributed by atoms with Gasteiger partial charge < -0.3 is 24.4 Å². The van der Waals surface area contributed by atoms with Crippen LogP contribution in [0.1, 0.15) is 34.5 Å². The van der Waals surface area contributed by atoms with E-state index in [-0.39, 0.29) is 52.2 Å². The number of amides is 2. The van der Waals surface area contributed by atoms with Crippen molar-refractivity contribution in [3.8, 4) is 11.8 Å². The second kappa shape index (κ2) is 8.72. The van der Waals surface area contributed by atoms with Gasteiger partial charge in [-0.1, -0.05) is 11.8 Å². The molecule has 2 fully saturated rings.